The summed E-state index contributed by atoms with van der Waals surface area (Å²) < 4.78 is 10.9. The Morgan fingerprint density at radius 1 is 1.16 bits per heavy atom. The Kier molecular flexibility index (Phi) is 11.5. The SMILES string of the molecule is CCNC(=NCCc1ncc(CC)s1)N1CCN(Cc2cc(OC)ccc2OC)CC1.I. The second-order valence-electron chi connectivity index (χ2n) is 7.50. The van der Waals surface area contributed by atoms with Gasteiger partial charge in [-0.1, -0.05) is 6.92 Å². The van der Waals surface area contributed by atoms with Crippen LogP contribution in [0.2, 0.25) is 0 Å². The van der Waals surface area contributed by atoms with Gasteiger partial charge in [0.1, 0.15) is 11.5 Å². The third kappa shape index (κ3) is 7.48. The lowest BCUT2D eigenvalue weighted by Crippen LogP contribution is -2.52. The van der Waals surface area contributed by atoms with Crippen molar-refractivity contribution in [2.75, 3.05) is 53.5 Å². The van der Waals surface area contributed by atoms with E-state index in [0.717, 1.165) is 81.7 Å². The molecule has 0 bridgehead atoms. The number of halogens is 1. The predicted molar refractivity (Wildman–Crippen MR) is 143 cm³/mol. The van der Waals surface area contributed by atoms with E-state index >= 15 is 0 Å². The number of benzene rings is 1. The highest BCUT2D eigenvalue weighted by Crippen LogP contribution is 2.25. The molecule has 1 aromatic heterocycles. The third-order valence-corrected chi connectivity index (χ3v) is 6.63. The Hall–Kier alpha value is -1.59. The molecular weight excluding hydrogens is 537 g/mol. The highest BCUT2D eigenvalue weighted by Gasteiger charge is 2.21. The number of aliphatic imine (C=N–C) groups is 1. The fourth-order valence-electron chi connectivity index (χ4n) is 3.67. The minimum absolute atomic E-state index is 0. The van der Waals surface area contributed by atoms with E-state index in [1.54, 1.807) is 25.6 Å². The van der Waals surface area contributed by atoms with E-state index in [1.807, 2.05) is 18.3 Å². The number of ether oxygens (including phenoxy) is 2. The molecule has 3 rings (SSSR count). The maximum atomic E-state index is 5.54. The zero-order chi connectivity index (χ0) is 22.1. The molecule has 1 aromatic carbocycles. The van der Waals surface area contributed by atoms with Crippen molar-refractivity contribution in [3.05, 3.63) is 39.8 Å². The van der Waals surface area contributed by atoms with Gasteiger partial charge in [-0.25, -0.2) is 4.98 Å². The molecule has 0 amide bonds. The van der Waals surface area contributed by atoms with Gasteiger partial charge in [-0.15, -0.1) is 35.3 Å². The van der Waals surface area contributed by atoms with E-state index in [0.29, 0.717) is 0 Å². The smallest absolute Gasteiger partial charge is 0.194 e. The number of aromatic nitrogens is 1. The second kappa shape index (κ2) is 13.8. The van der Waals surface area contributed by atoms with Crippen LogP contribution >= 0.6 is 35.3 Å². The summed E-state index contributed by atoms with van der Waals surface area (Å²) in [5.74, 6) is 2.78. The number of thiazole rings is 1. The Morgan fingerprint density at radius 3 is 2.56 bits per heavy atom. The molecule has 1 aliphatic rings. The van der Waals surface area contributed by atoms with Crippen LogP contribution in [0.25, 0.3) is 0 Å². The molecule has 1 N–H and O–H groups in total. The molecule has 0 radical (unpaired) electrons. The van der Waals surface area contributed by atoms with Crippen LogP contribution in [0.3, 0.4) is 0 Å². The second-order valence-corrected chi connectivity index (χ2v) is 8.70. The van der Waals surface area contributed by atoms with E-state index in [4.69, 9.17) is 14.5 Å². The molecule has 2 heterocycles. The largest absolute Gasteiger partial charge is 0.497 e. The highest BCUT2D eigenvalue weighted by atomic mass is 127. The normalized spacial score (nSPS) is 14.8. The van der Waals surface area contributed by atoms with Gasteiger partial charge >= 0.3 is 0 Å². The summed E-state index contributed by atoms with van der Waals surface area (Å²) >= 11 is 1.80. The number of guanidine groups is 1. The van der Waals surface area contributed by atoms with E-state index in [9.17, 15) is 0 Å². The number of hydrogen-bond acceptors (Lipinski definition) is 6. The summed E-state index contributed by atoms with van der Waals surface area (Å²) in [5, 5.41) is 4.63. The quantitative estimate of drug-likeness (QED) is 0.281. The average Bonchev–Trinajstić information content (AvgIpc) is 3.27. The molecule has 0 saturated carbocycles. The first-order valence-electron chi connectivity index (χ1n) is 11.1. The van der Waals surface area contributed by atoms with Crippen LogP contribution < -0.4 is 14.8 Å². The van der Waals surface area contributed by atoms with Crippen LogP contribution in [0, 0.1) is 0 Å². The molecule has 9 heteroatoms. The zero-order valence-electron chi connectivity index (χ0n) is 19.6. The van der Waals surface area contributed by atoms with Gasteiger partial charge in [0.05, 0.1) is 19.2 Å². The molecular formula is C23H36IN5O2S. The first-order valence-corrected chi connectivity index (χ1v) is 11.9. The zero-order valence-corrected chi connectivity index (χ0v) is 22.7. The van der Waals surface area contributed by atoms with Crippen molar-refractivity contribution in [2.24, 2.45) is 4.99 Å². The molecule has 0 aliphatic carbocycles. The van der Waals surface area contributed by atoms with Gasteiger partial charge in [0.2, 0.25) is 0 Å². The van der Waals surface area contributed by atoms with Crippen LogP contribution in [0.4, 0.5) is 0 Å². The van der Waals surface area contributed by atoms with Gasteiger partial charge in [0, 0.05) is 68.9 Å². The Bertz CT molecular complexity index is 853. The maximum Gasteiger partial charge on any atom is 0.194 e. The topological polar surface area (TPSA) is 62.2 Å². The van der Waals surface area contributed by atoms with E-state index in [1.165, 1.54) is 9.88 Å². The Balaban J connectivity index is 0.00000363. The molecule has 1 saturated heterocycles. The number of methoxy groups -OCH3 is 2. The van der Waals surface area contributed by atoms with Crippen LogP contribution in [-0.4, -0.2) is 74.2 Å². The van der Waals surface area contributed by atoms with Crippen LogP contribution in [0.5, 0.6) is 11.5 Å². The van der Waals surface area contributed by atoms with Crippen molar-refractivity contribution in [1.82, 2.24) is 20.1 Å². The summed E-state index contributed by atoms with van der Waals surface area (Å²) in [4.78, 5) is 15.5. The molecule has 0 unspecified atom stereocenters. The van der Waals surface area contributed by atoms with Crippen molar-refractivity contribution in [3.63, 3.8) is 0 Å². The molecule has 1 aliphatic heterocycles. The van der Waals surface area contributed by atoms with Gasteiger partial charge in [-0.05, 0) is 31.5 Å². The van der Waals surface area contributed by atoms with Crippen LogP contribution in [0.15, 0.2) is 29.4 Å². The van der Waals surface area contributed by atoms with Gasteiger partial charge in [-0.2, -0.15) is 0 Å². The molecule has 0 spiro atoms. The molecule has 2 aromatic rings. The van der Waals surface area contributed by atoms with E-state index in [2.05, 4.69) is 40.0 Å². The molecule has 0 atom stereocenters. The predicted octanol–water partition coefficient (Wildman–Crippen LogP) is 3.67. The number of nitrogens with one attached hydrogen (secondary N) is 1. The van der Waals surface area contributed by atoms with Crippen molar-refractivity contribution in [3.8, 4) is 11.5 Å². The summed E-state index contributed by atoms with van der Waals surface area (Å²) in [7, 11) is 3.42. The maximum absolute atomic E-state index is 5.54. The minimum atomic E-state index is 0. The lowest BCUT2D eigenvalue weighted by molar-refractivity contribution is 0.171. The summed E-state index contributed by atoms with van der Waals surface area (Å²) in [5.41, 5.74) is 1.16. The number of piperazine rings is 1. The third-order valence-electron chi connectivity index (χ3n) is 5.43. The standard InChI is InChI=1S/C23H35N5O2S.HI/c1-5-20-16-26-22(31-20)9-10-25-23(24-6-2)28-13-11-27(12-14-28)17-18-15-19(29-3)7-8-21(18)30-4;/h7-8,15-16H,5-6,9-14,17H2,1-4H3,(H,24,25);1H. The monoisotopic (exact) mass is 573 g/mol. The van der Waals surface area contributed by atoms with Crippen molar-refractivity contribution < 1.29 is 9.47 Å². The van der Waals surface area contributed by atoms with E-state index in [-0.39, 0.29) is 24.0 Å². The van der Waals surface area contributed by atoms with Gasteiger partial charge in [0.25, 0.3) is 0 Å². The first-order chi connectivity index (χ1) is 15.2. The van der Waals surface area contributed by atoms with Gasteiger partial charge in [0.15, 0.2) is 5.96 Å². The fraction of sp³-hybridized carbons (Fsp3) is 0.565. The number of rotatable bonds is 9. The summed E-state index contributed by atoms with van der Waals surface area (Å²) in [6.45, 7) is 10.7. The minimum Gasteiger partial charge on any atom is -0.497 e. The van der Waals surface area contributed by atoms with Crippen molar-refractivity contribution in [1.29, 1.82) is 0 Å². The molecule has 178 valence electrons. The van der Waals surface area contributed by atoms with Crippen molar-refractivity contribution in [2.45, 2.75) is 33.2 Å². The van der Waals surface area contributed by atoms with Gasteiger partial charge in [-0.3, -0.25) is 9.89 Å². The van der Waals surface area contributed by atoms with E-state index < -0.39 is 0 Å². The number of aryl methyl sites for hydroxylation is 1. The van der Waals surface area contributed by atoms with Crippen LogP contribution in [-0.2, 0) is 19.4 Å². The lowest BCUT2D eigenvalue weighted by atomic mass is 10.1. The Labute approximate surface area is 213 Å². The van der Waals surface area contributed by atoms with Gasteiger partial charge < -0.3 is 19.7 Å². The molecule has 32 heavy (non-hydrogen) atoms. The average molecular weight is 574 g/mol. The van der Waals surface area contributed by atoms with Crippen molar-refractivity contribution >= 4 is 41.3 Å². The first kappa shape index (κ1) is 26.7. The van der Waals surface area contributed by atoms with Crippen LogP contribution in [0.1, 0.15) is 29.3 Å². The molecule has 7 nitrogen and oxygen atoms in total. The molecule has 1 fully saturated rings. The Morgan fingerprint density at radius 2 is 1.94 bits per heavy atom. The highest BCUT2D eigenvalue weighted by molar-refractivity contribution is 14.0. The summed E-state index contributed by atoms with van der Waals surface area (Å²) in [6, 6.07) is 5.99. The number of nitrogens with zero attached hydrogens (tertiary/aromatic N) is 4. The fourth-order valence-corrected chi connectivity index (χ4v) is 4.53. The lowest BCUT2D eigenvalue weighted by Gasteiger charge is -2.36. The summed E-state index contributed by atoms with van der Waals surface area (Å²) in [6.07, 6.45) is 3.94. The number of hydrogen-bond donors (Lipinski definition) is 1.